The highest BCUT2D eigenvalue weighted by Crippen LogP contribution is 2.31. The van der Waals surface area contributed by atoms with E-state index in [1.807, 2.05) is 0 Å². The van der Waals surface area contributed by atoms with Gasteiger partial charge in [0.15, 0.2) is 5.65 Å². The first-order chi connectivity index (χ1) is 14.8. The van der Waals surface area contributed by atoms with Crippen LogP contribution in [0.4, 0.5) is 18.9 Å². The Bertz CT molecular complexity index is 1240. The van der Waals surface area contributed by atoms with Crippen molar-refractivity contribution < 1.29 is 22.7 Å². The Labute approximate surface area is 183 Å². The number of hydrogen-bond donors (Lipinski definition) is 2. The SMILES string of the molecule is COc1cc2c(cc1NCC#Cc1nc3c(Br)cccn3c1CC(F)(F)F)CNC2=O. The van der Waals surface area contributed by atoms with E-state index in [0.29, 0.717) is 33.7 Å². The topological polar surface area (TPSA) is 67.7 Å². The quantitative estimate of drug-likeness (QED) is 0.541. The zero-order valence-corrected chi connectivity index (χ0v) is 17.8. The molecule has 2 N–H and O–H groups in total. The molecular formula is C21H16BrF3N4O2. The number of carbonyl (C=O) groups is 1. The minimum Gasteiger partial charge on any atom is -0.495 e. The second-order valence-corrected chi connectivity index (χ2v) is 7.65. The van der Waals surface area contributed by atoms with Crippen LogP contribution >= 0.6 is 15.9 Å². The Morgan fingerprint density at radius 3 is 2.94 bits per heavy atom. The van der Waals surface area contributed by atoms with Gasteiger partial charge >= 0.3 is 6.18 Å². The summed E-state index contributed by atoms with van der Waals surface area (Å²) < 4.78 is 46.6. The van der Waals surface area contributed by atoms with Gasteiger partial charge in [-0.2, -0.15) is 13.2 Å². The molecule has 10 heteroatoms. The van der Waals surface area contributed by atoms with Crippen LogP contribution < -0.4 is 15.4 Å². The number of halogens is 4. The van der Waals surface area contributed by atoms with E-state index in [1.165, 1.54) is 17.7 Å². The number of rotatable bonds is 4. The lowest BCUT2D eigenvalue weighted by molar-refractivity contribution is -0.128. The number of amides is 1. The van der Waals surface area contributed by atoms with Gasteiger partial charge in [0.1, 0.15) is 11.4 Å². The molecule has 0 aliphatic carbocycles. The second kappa shape index (κ2) is 8.15. The summed E-state index contributed by atoms with van der Waals surface area (Å²) in [5.41, 5.74) is 2.45. The third-order valence-electron chi connectivity index (χ3n) is 4.75. The van der Waals surface area contributed by atoms with Crippen LogP contribution in [0, 0.1) is 11.8 Å². The number of methoxy groups -OCH3 is 1. The summed E-state index contributed by atoms with van der Waals surface area (Å²) in [4.78, 5) is 16.1. The molecule has 1 aromatic carbocycles. The largest absolute Gasteiger partial charge is 0.495 e. The van der Waals surface area contributed by atoms with E-state index in [4.69, 9.17) is 4.74 Å². The van der Waals surface area contributed by atoms with Gasteiger partial charge in [0, 0.05) is 18.3 Å². The Hall–Kier alpha value is -3.19. The van der Waals surface area contributed by atoms with E-state index in [2.05, 4.69) is 43.4 Å². The van der Waals surface area contributed by atoms with Crippen molar-refractivity contribution in [2.75, 3.05) is 19.0 Å². The van der Waals surface area contributed by atoms with Crippen LogP contribution in [0.25, 0.3) is 5.65 Å². The first-order valence-electron chi connectivity index (χ1n) is 9.21. The van der Waals surface area contributed by atoms with Crippen molar-refractivity contribution in [1.29, 1.82) is 0 Å². The summed E-state index contributed by atoms with van der Waals surface area (Å²) in [5, 5.41) is 5.83. The zero-order chi connectivity index (χ0) is 22.2. The molecule has 3 aromatic rings. The Balaban J connectivity index is 1.59. The molecule has 160 valence electrons. The number of benzene rings is 1. The number of carbonyl (C=O) groups excluding carboxylic acids is 1. The molecule has 0 unspecified atom stereocenters. The molecule has 0 saturated heterocycles. The fourth-order valence-corrected chi connectivity index (χ4v) is 3.80. The van der Waals surface area contributed by atoms with Crippen molar-refractivity contribution in [2.45, 2.75) is 19.1 Å². The minimum atomic E-state index is -4.39. The van der Waals surface area contributed by atoms with E-state index in [1.54, 1.807) is 24.3 Å². The van der Waals surface area contributed by atoms with Gasteiger partial charge in [0.05, 0.1) is 35.9 Å². The van der Waals surface area contributed by atoms with E-state index in [0.717, 1.165) is 5.56 Å². The summed E-state index contributed by atoms with van der Waals surface area (Å²) in [5.74, 6) is 5.90. The van der Waals surface area contributed by atoms with Gasteiger partial charge in [0.25, 0.3) is 5.91 Å². The number of ether oxygens (including phenoxy) is 1. The average molecular weight is 493 g/mol. The minimum absolute atomic E-state index is 0.0176. The molecule has 31 heavy (non-hydrogen) atoms. The molecule has 6 nitrogen and oxygen atoms in total. The van der Waals surface area contributed by atoms with Crippen molar-refractivity contribution in [1.82, 2.24) is 14.7 Å². The number of pyridine rings is 1. The number of fused-ring (bicyclic) bond motifs is 2. The Morgan fingerprint density at radius 1 is 1.39 bits per heavy atom. The summed E-state index contributed by atoms with van der Waals surface area (Å²) in [6.45, 7) is 0.576. The third-order valence-corrected chi connectivity index (χ3v) is 5.37. The summed E-state index contributed by atoms with van der Waals surface area (Å²) in [6.07, 6.45) is -4.00. The molecule has 0 spiro atoms. The summed E-state index contributed by atoms with van der Waals surface area (Å²) in [6, 6.07) is 6.79. The van der Waals surface area contributed by atoms with Gasteiger partial charge < -0.3 is 19.8 Å². The molecule has 0 radical (unpaired) electrons. The molecule has 0 bridgehead atoms. The number of hydrogen-bond acceptors (Lipinski definition) is 4. The fraction of sp³-hybridized carbons (Fsp3) is 0.238. The number of nitrogens with one attached hydrogen (secondary N) is 2. The third kappa shape index (κ3) is 4.32. The van der Waals surface area contributed by atoms with Crippen molar-refractivity contribution in [3.63, 3.8) is 0 Å². The van der Waals surface area contributed by atoms with Gasteiger partial charge in [-0.3, -0.25) is 4.79 Å². The normalized spacial score (nSPS) is 12.9. The molecular weight excluding hydrogens is 477 g/mol. The number of alkyl halides is 3. The molecule has 2 aromatic heterocycles. The van der Waals surface area contributed by atoms with Crippen LogP contribution in [0.2, 0.25) is 0 Å². The molecule has 1 amide bonds. The monoisotopic (exact) mass is 492 g/mol. The van der Waals surface area contributed by atoms with Crippen LogP contribution in [-0.4, -0.2) is 35.1 Å². The Kier molecular flexibility index (Phi) is 5.54. The molecule has 3 heterocycles. The van der Waals surface area contributed by atoms with Crippen LogP contribution in [0.5, 0.6) is 5.75 Å². The van der Waals surface area contributed by atoms with Gasteiger partial charge in [-0.1, -0.05) is 5.92 Å². The standard InChI is InChI=1S/C21H16BrF3N4O2/c1-31-18-9-13-12(11-27-20(13)30)8-16(18)26-6-2-5-15-17(10-21(23,24)25)29-7-3-4-14(22)19(29)28-15/h3-4,7-9,26H,6,10-11H2,1H3,(H,27,30). The van der Waals surface area contributed by atoms with Gasteiger partial charge in [-0.15, -0.1) is 0 Å². The van der Waals surface area contributed by atoms with Crippen LogP contribution in [0.15, 0.2) is 34.9 Å². The summed E-state index contributed by atoms with van der Waals surface area (Å²) >= 11 is 3.31. The zero-order valence-electron chi connectivity index (χ0n) is 16.2. The van der Waals surface area contributed by atoms with E-state index in [9.17, 15) is 18.0 Å². The molecule has 0 saturated carbocycles. The highest BCUT2D eigenvalue weighted by molar-refractivity contribution is 9.10. The Morgan fingerprint density at radius 2 is 2.19 bits per heavy atom. The maximum absolute atomic E-state index is 13.1. The number of nitrogens with zero attached hydrogens (tertiary/aromatic N) is 2. The molecule has 1 aliphatic rings. The molecule has 0 fully saturated rings. The predicted octanol–water partition coefficient (Wildman–Crippen LogP) is 3.92. The van der Waals surface area contributed by atoms with Crippen molar-refractivity contribution >= 4 is 33.2 Å². The van der Waals surface area contributed by atoms with Crippen molar-refractivity contribution in [3.8, 4) is 17.6 Å². The molecule has 1 aliphatic heterocycles. The lowest BCUT2D eigenvalue weighted by atomic mass is 10.1. The van der Waals surface area contributed by atoms with Crippen molar-refractivity contribution in [2.24, 2.45) is 0 Å². The maximum atomic E-state index is 13.1. The van der Waals surface area contributed by atoms with Crippen LogP contribution in [0.3, 0.4) is 0 Å². The van der Waals surface area contributed by atoms with Crippen LogP contribution in [-0.2, 0) is 13.0 Å². The van der Waals surface area contributed by atoms with Gasteiger partial charge in [-0.25, -0.2) is 4.98 Å². The van der Waals surface area contributed by atoms with E-state index < -0.39 is 12.6 Å². The van der Waals surface area contributed by atoms with Crippen molar-refractivity contribution in [3.05, 3.63) is 57.4 Å². The first-order valence-corrected chi connectivity index (χ1v) is 10.00. The lowest BCUT2D eigenvalue weighted by Crippen LogP contribution is -2.14. The molecule has 0 atom stereocenters. The highest BCUT2D eigenvalue weighted by Gasteiger charge is 2.31. The smallest absolute Gasteiger partial charge is 0.394 e. The average Bonchev–Trinajstić information content (AvgIpc) is 3.25. The molecule has 4 rings (SSSR count). The maximum Gasteiger partial charge on any atom is 0.394 e. The van der Waals surface area contributed by atoms with E-state index >= 15 is 0 Å². The van der Waals surface area contributed by atoms with Crippen LogP contribution in [0.1, 0.15) is 27.3 Å². The number of aromatic nitrogens is 2. The predicted molar refractivity (Wildman–Crippen MR) is 112 cm³/mol. The van der Waals surface area contributed by atoms with Gasteiger partial charge in [0.2, 0.25) is 0 Å². The number of imidazole rings is 1. The second-order valence-electron chi connectivity index (χ2n) is 6.80. The summed E-state index contributed by atoms with van der Waals surface area (Å²) in [7, 11) is 1.49. The van der Waals surface area contributed by atoms with Gasteiger partial charge in [-0.05, 0) is 51.7 Å². The fourth-order valence-electron chi connectivity index (χ4n) is 3.37. The van der Waals surface area contributed by atoms with E-state index in [-0.39, 0.29) is 23.8 Å². The number of anilines is 1. The highest BCUT2D eigenvalue weighted by atomic mass is 79.9. The first kappa shape index (κ1) is 21.1. The lowest BCUT2D eigenvalue weighted by Gasteiger charge is -2.11.